The fraction of sp³-hybridized carbons (Fsp3) is 0.545. The Morgan fingerprint density at radius 3 is 2.62 bits per heavy atom. The van der Waals surface area contributed by atoms with E-state index in [1.807, 2.05) is 12.1 Å². The lowest BCUT2D eigenvalue weighted by Crippen LogP contribution is -2.39. The largest absolute Gasteiger partial charge is 0.462 e. The lowest BCUT2D eigenvalue weighted by Gasteiger charge is -2.44. The molecule has 0 radical (unpaired) electrons. The number of allylic oxidation sites excluding steroid dienone is 2. The molecule has 3 aliphatic carbocycles. The van der Waals surface area contributed by atoms with E-state index in [1.54, 1.807) is 5.57 Å². The molecule has 0 saturated heterocycles. The van der Waals surface area contributed by atoms with Crippen LogP contribution in [0.3, 0.4) is 0 Å². The topological polar surface area (TPSA) is 52.6 Å². The molecule has 4 nitrogen and oxygen atoms in total. The third-order valence-electron chi connectivity index (χ3n) is 6.61. The van der Waals surface area contributed by atoms with Crippen LogP contribution in [0.1, 0.15) is 64.0 Å². The Morgan fingerprint density at radius 1 is 1.08 bits per heavy atom. The molecule has 0 aromatic heterocycles. The number of benzene rings is 1. The van der Waals surface area contributed by atoms with Crippen molar-refractivity contribution in [3.05, 3.63) is 34.9 Å². The van der Waals surface area contributed by atoms with Gasteiger partial charge in [0, 0.05) is 19.3 Å². The van der Waals surface area contributed by atoms with Gasteiger partial charge in [0.25, 0.3) is 0 Å². The molecule has 1 fully saturated rings. The minimum absolute atomic E-state index is 0.0480. The van der Waals surface area contributed by atoms with Crippen molar-refractivity contribution in [3.63, 3.8) is 0 Å². The highest BCUT2D eigenvalue weighted by Gasteiger charge is 2.52. The van der Waals surface area contributed by atoms with Crippen LogP contribution in [0.4, 0.5) is 0 Å². The normalized spacial score (nSPS) is 29.5. The first-order chi connectivity index (χ1) is 12.4. The van der Waals surface area contributed by atoms with Gasteiger partial charge in [-0.3, -0.25) is 9.59 Å². The number of carbonyl (C=O) groups is 2. The quantitative estimate of drug-likeness (QED) is 0.581. The van der Waals surface area contributed by atoms with Crippen LogP contribution in [0.2, 0.25) is 0 Å². The summed E-state index contributed by atoms with van der Waals surface area (Å²) in [5, 5.41) is 0. The van der Waals surface area contributed by atoms with Crippen LogP contribution in [0, 0.1) is 11.3 Å². The summed E-state index contributed by atoms with van der Waals surface area (Å²) in [6.45, 7) is 5.25. The summed E-state index contributed by atoms with van der Waals surface area (Å²) in [6.07, 6.45) is 6.24. The first-order valence-corrected chi connectivity index (χ1v) is 9.59. The molecule has 0 amide bonds. The molecule has 26 heavy (non-hydrogen) atoms. The minimum atomic E-state index is -0.281. The van der Waals surface area contributed by atoms with Gasteiger partial charge in [-0.1, -0.05) is 18.6 Å². The SMILES string of the molecule is CC(=O)Oc1ccc2c(c1)CCC1=C2CC[C@]2(C)[C@@H](OC(C)=O)CC[C@@H]12. The third-order valence-corrected chi connectivity index (χ3v) is 6.61. The van der Waals surface area contributed by atoms with Gasteiger partial charge in [0.1, 0.15) is 11.9 Å². The lowest BCUT2D eigenvalue weighted by molar-refractivity contribution is -0.152. The zero-order valence-corrected chi connectivity index (χ0v) is 15.8. The lowest BCUT2D eigenvalue weighted by atomic mass is 9.62. The van der Waals surface area contributed by atoms with Crippen molar-refractivity contribution in [2.24, 2.45) is 11.3 Å². The van der Waals surface area contributed by atoms with Gasteiger partial charge in [-0.05, 0) is 73.3 Å². The summed E-state index contributed by atoms with van der Waals surface area (Å²) in [5.41, 5.74) is 5.72. The molecule has 4 rings (SSSR count). The molecule has 4 heteroatoms. The Bertz CT molecular complexity index is 806. The zero-order chi connectivity index (χ0) is 18.5. The van der Waals surface area contributed by atoms with Crippen molar-refractivity contribution in [1.82, 2.24) is 0 Å². The summed E-state index contributed by atoms with van der Waals surface area (Å²) in [4.78, 5) is 22.7. The maximum Gasteiger partial charge on any atom is 0.308 e. The predicted octanol–water partition coefficient (Wildman–Crippen LogP) is 4.45. The van der Waals surface area contributed by atoms with E-state index in [0.29, 0.717) is 11.7 Å². The van der Waals surface area contributed by atoms with Crippen LogP contribution in [-0.2, 0) is 20.7 Å². The maximum absolute atomic E-state index is 11.5. The van der Waals surface area contributed by atoms with Crippen molar-refractivity contribution >= 4 is 17.5 Å². The molecule has 0 aliphatic heterocycles. The summed E-state index contributed by atoms with van der Waals surface area (Å²) >= 11 is 0. The summed E-state index contributed by atoms with van der Waals surface area (Å²) in [5.74, 6) is 0.703. The van der Waals surface area contributed by atoms with Crippen LogP contribution in [0.25, 0.3) is 5.57 Å². The second-order valence-corrected chi connectivity index (χ2v) is 8.15. The van der Waals surface area contributed by atoms with Gasteiger partial charge in [0.05, 0.1) is 0 Å². The second-order valence-electron chi connectivity index (χ2n) is 8.15. The Labute approximate surface area is 154 Å². The molecule has 1 saturated carbocycles. The molecule has 3 atom stereocenters. The minimum Gasteiger partial charge on any atom is -0.462 e. The molecule has 0 spiro atoms. The molecule has 0 bridgehead atoms. The Morgan fingerprint density at radius 2 is 1.88 bits per heavy atom. The van der Waals surface area contributed by atoms with Crippen molar-refractivity contribution in [3.8, 4) is 5.75 Å². The van der Waals surface area contributed by atoms with Gasteiger partial charge in [-0.25, -0.2) is 0 Å². The molecule has 0 heterocycles. The van der Waals surface area contributed by atoms with Gasteiger partial charge in [0.2, 0.25) is 0 Å². The second kappa shape index (κ2) is 6.26. The van der Waals surface area contributed by atoms with E-state index in [0.717, 1.165) is 38.5 Å². The molecule has 1 aromatic rings. The van der Waals surface area contributed by atoms with Crippen LogP contribution < -0.4 is 4.74 Å². The third kappa shape index (κ3) is 2.76. The highest BCUT2D eigenvalue weighted by Crippen LogP contribution is 2.58. The Balaban J connectivity index is 1.66. The molecule has 3 aliphatic rings. The van der Waals surface area contributed by atoms with E-state index in [1.165, 1.54) is 30.5 Å². The van der Waals surface area contributed by atoms with Crippen molar-refractivity contribution in [1.29, 1.82) is 0 Å². The molecule has 1 aromatic carbocycles. The molecule has 0 N–H and O–H groups in total. The van der Waals surface area contributed by atoms with Crippen molar-refractivity contribution in [2.45, 2.75) is 65.4 Å². The number of rotatable bonds is 2. The van der Waals surface area contributed by atoms with Crippen LogP contribution in [0.15, 0.2) is 23.8 Å². The van der Waals surface area contributed by atoms with Gasteiger partial charge >= 0.3 is 11.9 Å². The van der Waals surface area contributed by atoms with Crippen molar-refractivity contribution < 1.29 is 19.1 Å². The van der Waals surface area contributed by atoms with E-state index >= 15 is 0 Å². The van der Waals surface area contributed by atoms with Gasteiger partial charge < -0.3 is 9.47 Å². The standard InChI is InChI=1S/C22H26O4/c1-13(23)25-16-5-7-17-15(12-16)4-6-19-18(17)10-11-22(3)20(19)8-9-21(22)26-14(2)24/h5,7,12,20-21H,4,6,8-11H2,1-3H3/t20-,21-,22-/m0/s1. The van der Waals surface area contributed by atoms with E-state index in [4.69, 9.17) is 9.47 Å². The number of hydrogen-bond donors (Lipinski definition) is 0. The van der Waals surface area contributed by atoms with Crippen LogP contribution in [-0.4, -0.2) is 18.0 Å². The molecule has 138 valence electrons. The molecular formula is C22H26O4. The van der Waals surface area contributed by atoms with Crippen LogP contribution >= 0.6 is 0 Å². The fourth-order valence-corrected chi connectivity index (χ4v) is 5.47. The first-order valence-electron chi connectivity index (χ1n) is 9.59. The van der Waals surface area contributed by atoms with Gasteiger partial charge in [0.15, 0.2) is 0 Å². The average molecular weight is 354 g/mol. The molecule has 0 unspecified atom stereocenters. The monoisotopic (exact) mass is 354 g/mol. The van der Waals surface area contributed by atoms with E-state index in [2.05, 4.69) is 13.0 Å². The number of fused-ring (bicyclic) bond motifs is 4. The first kappa shape index (κ1) is 17.3. The smallest absolute Gasteiger partial charge is 0.308 e. The average Bonchev–Trinajstić information content (AvgIpc) is 2.90. The summed E-state index contributed by atoms with van der Waals surface area (Å²) in [7, 11) is 0. The predicted molar refractivity (Wildman–Crippen MR) is 98.6 cm³/mol. The Kier molecular flexibility index (Phi) is 4.17. The fourth-order valence-electron chi connectivity index (χ4n) is 5.47. The van der Waals surface area contributed by atoms with Gasteiger partial charge in [-0.2, -0.15) is 0 Å². The Hall–Kier alpha value is -2.10. The number of hydrogen-bond acceptors (Lipinski definition) is 4. The number of ether oxygens (including phenoxy) is 2. The molecular weight excluding hydrogens is 328 g/mol. The summed E-state index contributed by atoms with van der Waals surface area (Å²) in [6, 6.07) is 6.04. The van der Waals surface area contributed by atoms with E-state index < -0.39 is 0 Å². The summed E-state index contributed by atoms with van der Waals surface area (Å²) < 4.78 is 10.9. The highest BCUT2D eigenvalue weighted by atomic mass is 16.5. The number of carbonyl (C=O) groups excluding carboxylic acids is 2. The van der Waals surface area contributed by atoms with E-state index in [-0.39, 0.29) is 23.5 Å². The van der Waals surface area contributed by atoms with Crippen LogP contribution in [0.5, 0.6) is 5.75 Å². The number of esters is 2. The highest BCUT2D eigenvalue weighted by molar-refractivity contribution is 5.76. The van der Waals surface area contributed by atoms with E-state index in [9.17, 15) is 9.59 Å². The zero-order valence-electron chi connectivity index (χ0n) is 15.8. The van der Waals surface area contributed by atoms with Crippen molar-refractivity contribution in [2.75, 3.05) is 0 Å². The maximum atomic E-state index is 11.5. The number of aryl methyl sites for hydroxylation is 1. The van der Waals surface area contributed by atoms with Gasteiger partial charge in [-0.15, -0.1) is 0 Å².